The van der Waals surface area contributed by atoms with Gasteiger partial charge < -0.3 is 24.7 Å². The fourth-order valence-electron chi connectivity index (χ4n) is 3.91. The van der Waals surface area contributed by atoms with Crippen LogP contribution >= 0.6 is 22.9 Å². The summed E-state index contributed by atoms with van der Waals surface area (Å²) in [5.74, 6) is -2.70. The second kappa shape index (κ2) is 7.13. The molecular formula is C20H14ClF2N3O4S. The van der Waals surface area contributed by atoms with E-state index in [0.717, 1.165) is 22.3 Å². The molecule has 11 heteroatoms. The molecule has 3 N–H and O–H groups in total. The van der Waals surface area contributed by atoms with Gasteiger partial charge in [-0.05, 0) is 29.7 Å². The van der Waals surface area contributed by atoms with Crippen LogP contribution in [0.15, 0.2) is 29.1 Å². The second-order valence-corrected chi connectivity index (χ2v) is 8.94. The molecule has 160 valence electrons. The zero-order valence-corrected chi connectivity index (χ0v) is 17.4. The number of ether oxygens (including phenoxy) is 1. The maximum atomic E-state index is 14.0. The number of nitrogens with zero attached hydrogens (tertiary/aromatic N) is 1. The van der Waals surface area contributed by atoms with Crippen LogP contribution in [0.4, 0.5) is 8.78 Å². The number of aliphatic hydroxyl groups is 1. The summed E-state index contributed by atoms with van der Waals surface area (Å²) in [4.78, 5) is 32.4. The third kappa shape index (κ3) is 3.14. The van der Waals surface area contributed by atoms with E-state index in [1.54, 1.807) is 12.1 Å². The van der Waals surface area contributed by atoms with Crippen molar-refractivity contribution in [2.75, 3.05) is 13.7 Å². The van der Waals surface area contributed by atoms with Gasteiger partial charge in [-0.3, -0.25) is 9.59 Å². The van der Waals surface area contributed by atoms with E-state index in [1.165, 1.54) is 23.3 Å². The highest BCUT2D eigenvalue weighted by atomic mass is 35.5. The van der Waals surface area contributed by atoms with E-state index in [4.69, 9.17) is 16.3 Å². The van der Waals surface area contributed by atoms with E-state index in [1.807, 2.05) is 0 Å². The van der Waals surface area contributed by atoms with Crippen LogP contribution in [0, 0.1) is 11.6 Å². The largest absolute Gasteiger partial charge is 0.363 e. The third-order valence-corrected chi connectivity index (χ3v) is 6.63. The summed E-state index contributed by atoms with van der Waals surface area (Å²) in [5, 5.41) is 10.2. The van der Waals surface area contributed by atoms with Crippen molar-refractivity contribution in [3.8, 4) is 0 Å². The molecule has 0 aliphatic carbocycles. The molecule has 1 aliphatic rings. The van der Waals surface area contributed by atoms with Crippen molar-refractivity contribution in [2.24, 2.45) is 0 Å². The Labute approximate surface area is 181 Å². The number of thiophene rings is 1. The Morgan fingerprint density at radius 1 is 1.23 bits per heavy atom. The Morgan fingerprint density at radius 2 is 1.94 bits per heavy atom. The maximum absolute atomic E-state index is 14.0. The molecule has 5 rings (SSSR count). The minimum Gasteiger partial charge on any atom is -0.363 e. The number of fused-ring (bicyclic) bond motifs is 4. The number of aromatic amines is 2. The van der Waals surface area contributed by atoms with Crippen molar-refractivity contribution in [3.63, 3.8) is 0 Å². The fraction of sp³-hybridized carbons (Fsp3) is 0.200. The van der Waals surface area contributed by atoms with E-state index in [-0.39, 0.29) is 23.1 Å². The van der Waals surface area contributed by atoms with Crippen molar-refractivity contribution < 1.29 is 23.4 Å². The standard InChI is InChI=1S/C20H14ClF2N3O4S/c1-26(19(28)12-4-14-11(24-12)5-15(21)31-14)13-6-30-20(29)17-16(13)7-2-9(22)10(23)3-8(7)18(27)25-17/h2-5,13,20,24,29H,6H2,1H3,(H,25,27)/t13-,20?/m0/s1. The van der Waals surface area contributed by atoms with Crippen LogP contribution < -0.4 is 5.56 Å². The van der Waals surface area contributed by atoms with Gasteiger partial charge in [-0.2, -0.15) is 0 Å². The first-order valence-corrected chi connectivity index (χ1v) is 10.3. The minimum atomic E-state index is -1.47. The average molecular weight is 466 g/mol. The van der Waals surface area contributed by atoms with E-state index in [0.29, 0.717) is 15.6 Å². The zero-order valence-electron chi connectivity index (χ0n) is 15.8. The molecule has 4 heterocycles. The minimum absolute atomic E-state index is 0.00124. The lowest BCUT2D eigenvalue weighted by molar-refractivity contribution is -0.129. The fourth-order valence-corrected chi connectivity index (χ4v) is 5.05. The van der Waals surface area contributed by atoms with E-state index < -0.39 is 35.4 Å². The summed E-state index contributed by atoms with van der Waals surface area (Å²) in [5.41, 5.74) is 0.610. The van der Waals surface area contributed by atoms with Crippen LogP contribution in [0.2, 0.25) is 4.34 Å². The topological polar surface area (TPSA) is 98.4 Å². The number of likely N-dealkylation sites (N-methyl/N-ethyl adjacent to an activating group) is 1. The predicted molar refractivity (Wildman–Crippen MR) is 111 cm³/mol. The number of carbonyl (C=O) groups is 1. The van der Waals surface area contributed by atoms with Crippen LogP contribution in [-0.2, 0) is 4.74 Å². The smallest absolute Gasteiger partial charge is 0.270 e. The molecular weight excluding hydrogens is 452 g/mol. The number of carbonyl (C=O) groups excluding carboxylic acids is 1. The van der Waals surface area contributed by atoms with Crippen molar-refractivity contribution >= 4 is 49.8 Å². The first-order chi connectivity index (χ1) is 14.7. The van der Waals surface area contributed by atoms with Gasteiger partial charge in [0.1, 0.15) is 5.69 Å². The number of pyridine rings is 1. The van der Waals surface area contributed by atoms with Crippen molar-refractivity contribution in [3.05, 3.63) is 67.5 Å². The normalized spacial score (nSPS) is 18.5. The van der Waals surface area contributed by atoms with Crippen molar-refractivity contribution in [2.45, 2.75) is 12.3 Å². The molecule has 0 radical (unpaired) electrons. The molecule has 1 aromatic carbocycles. The molecule has 3 aromatic heterocycles. The van der Waals surface area contributed by atoms with E-state index in [9.17, 15) is 23.5 Å². The zero-order chi connectivity index (χ0) is 22.0. The molecule has 0 saturated heterocycles. The summed E-state index contributed by atoms with van der Waals surface area (Å²) in [6, 6.07) is 4.30. The Hall–Kier alpha value is -2.79. The molecule has 1 unspecified atom stereocenters. The van der Waals surface area contributed by atoms with Gasteiger partial charge >= 0.3 is 0 Å². The number of hydrogen-bond acceptors (Lipinski definition) is 5. The van der Waals surface area contributed by atoms with Gasteiger partial charge in [0.05, 0.1) is 38.3 Å². The molecule has 1 amide bonds. The summed E-state index contributed by atoms with van der Waals surface area (Å²) in [6.07, 6.45) is -1.47. The molecule has 0 fully saturated rings. The van der Waals surface area contributed by atoms with Gasteiger partial charge in [0.25, 0.3) is 11.5 Å². The van der Waals surface area contributed by atoms with Gasteiger partial charge in [-0.25, -0.2) is 8.78 Å². The number of H-pyrrole nitrogens is 2. The Kier molecular flexibility index (Phi) is 4.63. The first-order valence-electron chi connectivity index (χ1n) is 9.14. The van der Waals surface area contributed by atoms with Crippen LogP contribution in [0.25, 0.3) is 21.0 Å². The summed E-state index contributed by atoms with van der Waals surface area (Å²) < 4.78 is 34.5. The number of halogens is 3. The predicted octanol–water partition coefficient (Wildman–Crippen LogP) is 3.84. The lowest BCUT2D eigenvalue weighted by atomic mass is 9.94. The number of benzene rings is 1. The number of aromatic nitrogens is 2. The van der Waals surface area contributed by atoms with Crippen molar-refractivity contribution in [1.29, 1.82) is 0 Å². The van der Waals surface area contributed by atoms with Gasteiger partial charge in [0.2, 0.25) is 0 Å². The van der Waals surface area contributed by atoms with E-state index >= 15 is 0 Å². The number of nitrogens with one attached hydrogen (secondary N) is 2. The lowest BCUT2D eigenvalue weighted by Gasteiger charge is -2.35. The highest BCUT2D eigenvalue weighted by molar-refractivity contribution is 7.22. The van der Waals surface area contributed by atoms with Crippen molar-refractivity contribution in [1.82, 2.24) is 14.9 Å². The molecule has 31 heavy (non-hydrogen) atoms. The van der Waals surface area contributed by atoms with Gasteiger partial charge in [-0.15, -0.1) is 11.3 Å². The Bertz CT molecular complexity index is 1400. The van der Waals surface area contributed by atoms with Crippen LogP contribution in [0.1, 0.15) is 34.1 Å². The molecule has 0 saturated carbocycles. The number of rotatable bonds is 2. The SMILES string of the molecule is CN(C(=O)c1cc2sc(Cl)cc2[nH]1)[C@H]1COC(O)c2[nH]c(=O)c3cc(F)c(F)cc3c21. The first kappa shape index (κ1) is 20.1. The lowest BCUT2D eigenvalue weighted by Crippen LogP contribution is -2.39. The molecule has 1 aliphatic heterocycles. The highest BCUT2D eigenvalue weighted by Crippen LogP contribution is 2.38. The monoisotopic (exact) mass is 465 g/mol. The van der Waals surface area contributed by atoms with Crippen LogP contribution in [0.5, 0.6) is 0 Å². The quantitative estimate of drug-likeness (QED) is 0.419. The Balaban J connectivity index is 1.64. The number of amides is 1. The number of aliphatic hydroxyl groups excluding tert-OH is 1. The average Bonchev–Trinajstić information content (AvgIpc) is 3.27. The van der Waals surface area contributed by atoms with Gasteiger partial charge in [-0.1, -0.05) is 11.6 Å². The maximum Gasteiger partial charge on any atom is 0.270 e. The molecule has 0 spiro atoms. The third-order valence-electron chi connectivity index (χ3n) is 5.42. The Morgan fingerprint density at radius 3 is 2.65 bits per heavy atom. The van der Waals surface area contributed by atoms with Crippen LogP contribution in [-0.4, -0.2) is 39.5 Å². The number of hydrogen-bond donors (Lipinski definition) is 3. The van der Waals surface area contributed by atoms with Gasteiger partial charge in [0, 0.05) is 12.6 Å². The molecule has 2 atom stereocenters. The highest BCUT2D eigenvalue weighted by Gasteiger charge is 2.35. The van der Waals surface area contributed by atoms with E-state index in [2.05, 4.69) is 9.97 Å². The summed E-state index contributed by atoms with van der Waals surface area (Å²) >= 11 is 7.30. The second-order valence-electron chi connectivity index (χ2n) is 7.22. The molecule has 4 aromatic rings. The summed E-state index contributed by atoms with van der Waals surface area (Å²) in [7, 11) is 1.52. The molecule has 0 bridgehead atoms. The van der Waals surface area contributed by atoms with Gasteiger partial charge in [0.15, 0.2) is 17.9 Å². The molecule has 7 nitrogen and oxygen atoms in total. The summed E-state index contributed by atoms with van der Waals surface area (Å²) in [6.45, 7) is -0.114. The van der Waals surface area contributed by atoms with Crippen LogP contribution in [0.3, 0.4) is 0 Å².